The summed E-state index contributed by atoms with van der Waals surface area (Å²) in [6.07, 6.45) is 1.50. The maximum atomic E-state index is 14.4. The van der Waals surface area contributed by atoms with Crippen LogP contribution in [0.5, 0.6) is 0 Å². The largest absolute Gasteiger partial charge is 0.391 e. The van der Waals surface area contributed by atoms with Gasteiger partial charge >= 0.3 is 0 Å². The molecule has 7 heterocycles. The van der Waals surface area contributed by atoms with Gasteiger partial charge in [0.2, 0.25) is 23.6 Å². The van der Waals surface area contributed by atoms with Crippen molar-refractivity contribution in [2.45, 2.75) is 130 Å². The van der Waals surface area contributed by atoms with Crippen LogP contribution in [-0.2, 0) is 19.2 Å². The summed E-state index contributed by atoms with van der Waals surface area (Å²) < 4.78 is 2.09. The molecule has 4 fully saturated rings. The number of aliphatic hydroxyl groups is 1. The molecule has 2 aromatic carbocycles. The Hall–Kier alpha value is -5.37. The van der Waals surface area contributed by atoms with Crippen molar-refractivity contribution >= 4 is 63.6 Å². The number of thiazole rings is 1. The van der Waals surface area contributed by atoms with Crippen LogP contribution in [0.3, 0.4) is 0 Å². The third kappa shape index (κ3) is 10.1. The molecule has 3 N–H and O–H groups in total. The first-order valence-electron chi connectivity index (χ1n) is 25.9. The van der Waals surface area contributed by atoms with Crippen molar-refractivity contribution in [3.05, 3.63) is 104 Å². The molecule has 0 bridgehead atoms. The number of aromatic nitrogens is 4. The number of hydrogen-bond acceptors (Lipinski definition) is 13. The van der Waals surface area contributed by atoms with Crippen molar-refractivity contribution in [3.8, 4) is 15.4 Å². The van der Waals surface area contributed by atoms with Crippen LogP contribution in [0.4, 0.5) is 0 Å². The summed E-state index contributed by atoms with van der Waals surface area (Å²) in [5, 5.41) is 27.7. The average Bonchev–Trinajstić information content (AvgIpc) is 4.10. The minimum absolute atomic E-state index is 0.00946. The molecule has 4 amide bonds. The standard InChI is InChI=1S/C55H68ClN11O5S2/c1-30-24-64(40-22-55(23-40)27-65(28-55)45(70)21-42-50-62-61-35(6)67(50)53-46(31(2)34(5)74-53)47(59-42)37-14-16-39(56)17-15-37)19-18-63(30)26-44(69)60-49(54(7,8)9)52(72)66-25-41(68)20-43(66)51(71)58-32(3)36-10-12-38(13-11-36)48-33(4)57-29-73-48/h10-17,29-30,32,40-43,49,68H,18-28H2,1-9H3,(H,58,71)(H,60,69)/t30-,32+,41-,42+,43+,49-/m1/s1. The molecule has 392 valence electrons. The summed E-state index contributed by atoms with van der Waals surface area (Å²) >= 11 is 9.59. The van der Waals surface area contributed by atoms with E-state index in [0.717, 1.165) is 93.9 Å². The van der Waals surface area contributed by atoms with Gasteiger partial charge in [-0.05, 0) is 88.6 Å². The van der Waals surface area contributed by atoms with Crippen molar-refractivity contribution in [1.82, 2.24) is 50.0 Å². The van der Waals surface area contributed by atoms with E-state index in [4.69, 9.17) is 16.6 Å². The zero-order valence-electron chi connectivity index (χ0n) is 43.8. The molecule has 3 saturated heterocycles. The predicted molar refractivity (Wildman–Crippen MR) is 289 cm³/mol. The van der Waals surface area contributed by atoms with Gasteiger partial charge in [-0.25, -0.2) is 4.98 Å². The molecule has 5 aromatic rings. The van der Waals surface area contributed by atoms with Crippen LogP contribution in [0.1, 0.15) is 117 Å². The Morgan fingerprint density at radius 1 is 0.932 bits per heavy atom. The monoisotopic (exact) mass is 1060 g/mol. The van der Waals surface area contributed by atoms with Crippen LogP contribution in [-0.4, -0.2) is 150 Å². The second-order valence-corrected chi connectivity index (χ2v) is 25.1. The molecule has 4 aliphatic heterocycles. The van der Waals surface area contributed by atoms with E-state index in [9.17, 15) is 24.3 Å². The van der Waals surface area contributed by atoms with Gasteiger partial charge in [0.15, 0.2) is 5.82 Å². The van der Waals surface area contributed by atoms with Crippen molar-refractivity contribution in [1.29, 1.82) is 0 Å². The van der Waals surface area contributed by atoms with Gasteiger partial charge in [0, 0.05) is 84.2 Å². The quantitative estimate of drug-likeness (QED) is 0.118. The lowest BCUT2D eigenvalue weighted by atomic mass is 9.60. The Balaban J connectivity index is 0.710. The average molecular weight is 1060 g/mol. The third-order valence-corrected chi connectivity index (χ3v) is 18.6. The van der Waals surface area contributed by atoms with Gasteiger partial charge in [-0.1, -0.05) is 68.8 Å². The van der Waals surface area contributed by atoms with E-state index in [1.165, 1.54) is 9.78 Å². The zero-order valence-corrected chi connectivity index (χ0v) is 46.2. The Morgan fingerprint density at radius 3 is 2.30 bits per heavy atom. The fourth-order valence-corrected chi connectivity index (χ4v) is 14.0. The number of rotatable bonds is 12. The SMILES string of the molecule is Cc1ncsc1-c1ccc([C@H](C)NC(=O)[C@@H]2C[C@@H](O)CN2C(=O)[C@@H](NC(=O)CN2CCN(C3CC4(C3)CN(C(=O)C[C@@H]3N=C(c5ccc(Cl)cc5)c5c(sc(C)c5C)-n5c(C)nnc53)C4)C[C@H]2C)C(C)(C)C)cc1. The number of aliphatic hydroxyl groups excluding tert-OH is 1. The molecule has 6 atom stereocenters. The van der Waals surface area contributed by atoms with E-state index in [-0.39, 0.29) is 67.1 Å². The highest BCUT2D eigenvalue weighted by Gasteiger charge is 2.55. The first-order valence-corrected chi connectivity index (χ1v) is 28.0. The van der Waals surface area contributed by atoms with Crippen molar-refractivity contribution < 1.29 is 24.3 Å². The van der Waals surface area contributed by atoms with Crippen molar-refractivity contribution in [3.63, 3.8) is 0 Å². The number of hydrogen-bond donors (Lipinski definition) is 3. The number of likely N-dealkylation sites (tertiary alicyclic amines) is 2. The number of amides is 4. The Morgan fingerprint density at radius 2 is 1.64 bits per heavy atom. The van der Waals surface area contributed by atoms with Crippen molar-refractivity contribution in [2.75, 3.05) is 45.8 Å². The summed E-state index contributed by atoms with van der Waals surface area (Å²) in [4.78, 5) is 76.3. The number of carbonyl (C=O) groups excluding carboxylic acids is 4. The molecule has 0 unspecified atom stereocenters. The summed E-state index contributed by atoms with van der Waals surface area (Å²) in [7, 11) is 0. The number of nitrogens with zero attached hydrogens (tertiary/aromatic N) is 9. The zero-order chi connectivity index (χ0) is 52.5. The molecule has 1 spiro atoms. The highest BCUT2D eigenvalue weighted by molar-refractivity contribution is 7.15. The van der Waals surface area contributed by atoms with Crippen LogP contribution in [0.15, 0.2) is 59.0 Å². The lowest BCUT2D eigenvalue weighted by molar-refractivity contribution is -0.159. The number of piperazine rings is 1. The number of aliphatic imine (C=N–C) groups is 1. The predicted octanol–water partition coefficient (Wildman–Crippen LogP) is 6.99. The molecular formula is C55H68ClN11O5S2. The number of thiophene rings is 1. The highest BCUT2D eigenvalue weighted by Crippen LogP contribution is 2.51. The van der Waals surface area contributed by atoms with Gasteiger partial charge in [-0.15, -0.1) is 32.9 Å². The van der Waals surface area contributed by atoms with E-state index in [1.54, 1.807) is 22.7 Å². The van der Waals surface area contributed by atoms with Crippen LogP contribution in [0, 0.1) is 38.5 Å². The first-order chi connectivity index (χ1) is 35.2. The smallest absolute Gasteiger partial charge is 0.246 e. The number of carbonyl (C=O) groups is 4. The molecule has 16 nitrogen and oxygen atoms in total. The topological polar surface area (TPSA) is 181 Å². The number of β-amino-alcohol motifs (C(OH)–C–C–N with tert-alkyl or cyclic N) is 1. The Kier molecular flexibility index (Phi) is 14.3. The second-order valence-electron chi connectivity index (χ2n) is 22.6. The second kappa shape index (κ2) is 20.3. The third-order valence-electron chi connectivity index (χ3n) is 16.2. The first kappa shape index (κ1) is 52.1. The molecule has 1 aliphatic carbocycles. The van der Waals surface area contributed by atoms with E-state index in [1.807, 2.05) is 100 Å². The summed E-state index contributed by atoms with van der Waals surface area (Å²) in [5.41, 5.74) is 8.19. The molecule has 74 heavy (non-hydrogen) atoms. The molecular weight excluding hydrogens is 994 g/mol. The fraction of sp³-hybridized carbons (Fsp3) is 0.527. The van der Waals surface area contributed by atoms with Gasteiger partial charge in [0.25, 0.3) is 0 Å². The highest BCUT2D eigenvalue weighted by atomic mass is 35.5. The maximum Gasteiger partial charge on any atom is 0.246 e. The Labute approximate surface area is 446 Å². The fourth-order valence-electron chi connectivity index (χ4n) is 11.8. The molecule has 5 aliphatic rings. The molecule has 1 saturated carbocycles. The minimum Gasteiger partial charge on any atom is -0.391 e. The van der Waals surface area contributed by atoms with Crippen LogP contribution < -0.4 is 10.6 Å². The van der Waals surface area contributed by atoms with Gasteiger partial charge in [-0.2, -0.15) is 0 Å². The molecule has 3 aromatic heterocycles. The van der Waals surface area contributed by atoms with Crippen molar-refractivity contribution in [2.24, 2.45) is 15.8 Å². The lowest BCUT2D eigenvalue weighted by Crippen LogP contribution is -2.69. The van der Waals surface area contributed by atoms with Crippen LogP contribution in [0.2, 0.25) is 5.02 Å². The van der Waals surface area contributed by atoms with Gasteiger partial charge in [-0.3, -0.25) is 38.5 Å². The van der Waals surface area contributed by atoms with Gasteiger partial charge in [0.05, 0.1) is 46.9 Å². The molecule has 19 heteroatoms. The maximum absolute atomic E-state index is 14.4. The van der Waals surface area contributed by atoms with Gasteiger partial charge in [0.1, 0.15) is 29.0 Å². The number of halogens is 1. The van der Waals surface area contributed by atoms with E-state index >= 15 is 0 Å². The number of aryl methyl sites for hydroxylation is 3. The van der Waals surface area contributed by atoms with Crippen LogP contribution >= 0.6 is 34.3 Å². The van der Waals surface area contributed by atoms with E-state index in [2.05, 4.69) is 61.0 Å². The number of nitrogens with one attached hydrogen (secondary N) is 2. The van der Waals surface area contributed by atoms with E-state index < -0.39 is 29.6 Å². The van der Waals surface area contributed by atoms with E-state index in [0.29, 0.717) is 23.4 Å². The summed E-state index contributed by atoms with van der Waals surface area (Å²) in [6.45, 7) is 21.9. The summed E-state index contributed by atoms with van der Waals surface area (Å²) in [5.74, 6) is 0.540. The van der Waals surface area contributed by atoms with Crippen LogP contribution in [0.25, 0.3) is 15.4 Å². The Bertz CT molecular complexity index is 2980. The normalized spacial score (nSPS) is 22.8. The number of fused-ring (bicyclic) bond motifs is 3. The minimum atomic E-state index is -0.911. The lowest BCUT2D eigenvalue weighted by Gasteiger charge is -2.62. The van der Waals surface area contributed by atoms with Gasteiger partial charge < -0.3 is 25.5 Å². The molecule has 0 radical (unpaired) electrons. The number of benzene rings is 2. The molecule has 10 rings (SSSR count). The summed E-state index contributed by atoms with van der Waals surface area (Å²) in [6, 6.07) is 13.6.